The van der Waals surface area contributed by atoms with Crippen LogP contribution in [0.4, 0.5) is 0 Å². The van der Waals surface area contributed by atoms with Gasteiger partial charge in [0, 0.05) is 22.7 Å². The molecule has 0 radical (unpaired) electrons. The van der Waals surface area contributed by atoms with Gasteiger partial charge < -0.3 is 9.88 Å². The van der Waals surface area contributed by atoms with Crippen LogP contribution in [-0.2, 0) is 18.8 Å². The molecule has 0 saturated carbocycles. The lowest BCUT2D eigenvalue weighted by atomic mass is 10.2. The third kappa shape index (κ3) is 5.33. The number of carbonyl (C=O) groups is 1. The lowest BCUT2D eigenvalue weighted by Crippen LogP contribution is -2.25. The Hall–Kier alpha value is -1.90. The molecule has 0 bridgehead atoms. The number of amides is 1. The van der Waals surface area contributed by atoms with E-state index in [2.05, 4.69) is 38.9 Å². The van der Waals surface area contributed by atoms with E-state index in [1.807, 2.05) is 31.2 Å². The summed E-state index contributed by atoms with van der Waals surface area (Å²) in [6.07, 6.45) is 0. The Bertz CT molecular complexity index is 953. The second-order valence-electron chi connectivity index (χ2n) is 6.72. The van der Waals surface area contributed by atoms with Crippen molar-refractivity contribution in [2.24, 2.45) is 5.92 Å². The Balaban J connectivity index is 1.70. The monoisotopic (exact) mass is 435 g/mol. The largest absolute Gasteiger partial charge is 0.343 e. The lowest BCUT2D eigenvalue weighted by Gasteiger charge is -2.13. The molecule has 0 aliphatic rings. The highest BCUT2D eigenvalue weighted by Crippen LogP contribution is 2.26. The molecule has 0 atom stereocenters. The molecule has 9 heteroatoms. The van der Waals surface area contributed by atoms with Crippen molar-refractivity contribution < 1.29 is 4.79 Å². The summed E-state index contributed by atoms with van der Waals surface area (Å²) in [7, 11) is 0. The second-order valence-corrected chi connectivity index (χ2v) is 9.13. The van der Waals surface area contributed by atoms with Gasteiger partial charge in [0.1, 0.15) is 5.69 Å². The summed E-state index contributed by atoms with van der Waals surface area (Å²) in [5.41, 5.74) is 1.49. The summed E-state index contributed by atoms with van der Waals surface area (Å²) in [5, 5.41) is 15.7. The maximum Gasteiger partial charge on any atom is 0.271 e. The number of nitrogens with zero attached hydrogens (tertiary/aromatic N) is 4. The van der Waals surface area contributed by atoms with Crippen molar-refractivity contribution in [2.45, 2.75) is 44.8 Å². The van der Waals surface area contributed by atoms with Crippen LogP contribution in [0.5, 0.6) is 0 Å². The molecular weight excluding hydrogens is 414 g/mol. The van der Waals surface area contributed by atoms with Gasteiger partial charge in [-0.05, 0) is 24.5 Å². The molecule has 3 rings (SSSR count). The van der Waals surface area contributed by atoms with Gasteiger partial charge in [0.2, 0.25) is 0 Å². The zero-order valence-electron chi connectivity index (χ0n) is 16.0. The maximum absolute atomic E-state index is 12.3. The SMILES string of the molecule is Cc1nc(C(=O)NCc2nnc(SCc3ccccc3Cl)n2CC(C)C)cs1. The van der Waals surface area contributed by atoms with Crippen LogP contribution in [0.15, 0.2) is 34.8 Å². The molecule has 0 spiro atoms. The number of aromatic nitrogens is 4. The van der Waals surface area contributed by atoms with Crippen molar-refractivity contribution in [3.05, 3.63) is 56.8 Å². The van der Waals surface area contributed by atoms with E-state index in [0.717, 1.165) is 33.1 Å². The number of hydrogen-bond donors (Lipinski definition) is 1. The highest BCUT2D eigenvalue weighted by atomic mass is 35.5. The van der Waals surface area contributed by atoms with Crippen LogP contribution in [0.25, 0.3) is 0 Å². The topological polar surface area (TPSA) is 72.7 Å². The molecule has 0 saturated heterocycles. The van der Waals surface area contributed by atoms with Gasteiger partial charge in [-0.25, -0.2) is 4.98 Å². The van der Waals surface area contributed by atoms with E-state index in [-0.39, 0.29) is 5.91 Å². The summed E-state index contributed by atoms with van der Waals surface area (Å²) in [4.78, 5) is 16.5. The van der Waals surface area contributed by atoms with Crippen molar-refractivity contribution >= 4 is 40.6 Å². The average Bonchev–Trinajstić information content (AvgIpc) is 3.25. The van der Waals surface area contributed by atoms with E-state index >= 15 is 0 Å². The van der Waals surface area contributed by atoms with E-state index in [9.17, 15) is 4.79 Å². The van der Waals surface area contributed by atoms with Crippen molar-refractivity contribution in [2.75, 3.05) is 0 Å². The fourth-order valence-electron chi connectivity index (χ4n) is 2.58. The Morgan fingerprint density at radius 2 is 2.11 bits per heavy atom. The van der Waals surface area contributed by atoms with Crippen molar-refractivity contribution in [3.8, 4) is 0 Å². The van der Waals surface area contributed by atoms with Crippen LogP contribution in [0.3, 0.4) is 0 Å². The molecule has 0 aliphatic heterocycles. The number of halogens is 1. The lowest BCUT2D eigenvalue weighted by molar-refractivity contribution is 0.0945. The van der Waals surface area contributed by atoms with Crippen LogP contribution >= 0.6 is 34.7 Å². The number of thiazole rings is 1. The summed E-state index contributed by atoms with van der Waals surface area (Å²) >= 11 is 9.30. The summed E-state index contributed by atoms with van der Waals surface area (Å²) < 4.78 is 2.07. The molecule has 28 heavy (non-hydrogen) atoms. The van der Waals surface area contributed by atoms with Gasteiger partial charge in [0.05, 0.1) is 11.6 Å². The number of nitrogens with one attached hydrogen (secondary N) is 1. The minimum atomic E-state index is -0.200. The number of benzene rings is 1. The highest BCUT2D eigenvalue weighted by molar-refractivity contribution is 7.98. The highest BCUT2D eigenvalue weighted by Gasteiger charge is 2.16. The van der Waals surface area contributed by atoms with Gasteiger partial charge in [-0.3, -0.25) is 4.79 Å². The Morgan fingerprint density at radius 1 is 1.32 bits per heavy atom. The molecule has 1 aromatic carbocycles. The number of rotatable bonds is 8. The van der Waals surface area contributed by atoms with Crippen molar-refractivity contribution in [1.29, 1.82) is 0 Å². The molecule has 1 N–H and O–H groups in total. The molecule has 148 valence electrons. The average molecular weight is 436 g/mol. The Labute approximate surface area is 177 Å². The van der Waals surface area contributed by atoms with Crippen LogP contribution in [0.2, 0.25) is 5.02 Å². The van der Waals surface area contributed by atoms with Crippen LogP contribution < -0.4 is 5.32 Å². The van der Waals surface area contributed by atoms with Gasteiger partial charge >= 0.3 is 0 Å². The Kier molecular flexibility index (Phi) is 7.09. The van der Waals surface area contributed by atoms with Crippen LogP contribution in [-0.4, -0.2) is 25.7 Å². The van der Waals surface area contributed by atoms with Crippen molar-refractivity contribution in [3.63, 3.8) is 0 Å². The molecule has 1 amide bonds. The normalized spacial score (nSPS) is 11.2. The fourth-order valence-corrected chi connectivity index (χ4v) is 4.43. The first-order valence-electron chi connectivity index (χ1n) is 8.92. The number of hydrogen-bond acceptors (Lipinski definition) is 6. The predicted octanol–water partition coefficient (Wildman–Crippen LogP) is 4.57. The molecule has 2 heterocycles. The third-order valence-corrected chi connectivity index (χ3v) is 6.07. The number of carbonyl (C=O) groups excluding carboxylic acids is 1. The number of aryl methyl sites for hydroxylation is 1. The zero-order chi connectivity index (χ0) is 20.1. The maximum atomic E-state index is 12.3. The third-order valence-electron chi connectivity index (χ3n) is 3.91. The molecule has 0 unspecified atom stereocenters. The van der Waals surface area contributed by atoms with Crippen LogP contribution in [0, 0.1) is 12.8 Å². The van der Waals surface area contributed by atoms with Crippen LogP contribution in [0.1, 0.15) is 40.7 Å². The molecule has 3 aromatic rings. The Morgan fingerprint density at radius 3 is 2.79 bits per heavy atom. The zero-order valence-corrected chi connectivity index (χ0v) is 18.4. The van der Waals surface area contributed by atoms with Gasteiger partial charge in [-0.15, -0.1) is 21.5 Å². The standard InChI is InChI=1S/C19H22ClN5OS2/c1-12(2)9-25-17(8-21-18(26)16-11-27-13(3)22-16)23-24-19(25)28-10-14-6-4-5-7-15(14)20/h4-7,11-12H,8-10H2,1-3H3,(H,21,26). The molecule has 6 nitrogen and oxygen atoms in total. The minimum absolute atomic E-state index is 0.200. The smallest absolute Gasteiger partial charge is 0.271 e. The van der Waals surface area contributed by atoms with Gasteiger partial charge in [-0.2, -0.15) is 0 Å². The summed E-state index contributed by atoms with van der Waals surface area (Å²) in [6.45, 7) is 7.25. The first-order valence-corrected chi connectivity index (χ1v) is 11.2. The molecule has 0 fully saturated rings. The van der Waals surface area contributed by atoms with Gasteiger partial charge in [0.25, 0.3) is 5.91 Å². The fraction of sp³-hybridized carbons (Fsp3) is 0.368. The first-order chi connectivity index (χ1) is 13.4. The van der Waals surface area contributed by atoms with Gasteiger partial charge in [0.15, 0.2) is 11.0 Å². The quantitative estimate of drug-likeness (QED) is 0.524. The summed E-state index contributed by atoms with van der Waals surface area (Å²) in [6, 6.07) is 7.79. The van der Waals surface area contributed by atoms with E-state index in [1.54, 1.807) is 17.1 Å². The number of thioether (sulfide) groups is 1. The van der Waals surface area contributed by atoms with Gasteiger partial charge in [-0.1, -0.05) is 55.4 Å². The summed E-state index contributed by atoms with van der Waals surface area (Å²) in [5.74, 6) is 1.66. The first kappa shape index (κ1) is 20.8. The van der Waals surface area contributed by atoms with E-state index in [4.69, 9.17) is 11.6 Å². The molecule has 0 aliphatic carbocycles. The van der Waals surface area contributed by atoms with Crippen molar-refractivity contribution in [1.82, 2.24) is 25.1 Å². The van der Waals surface area contributed by atoms with E-state index in [0.29, 0.717) is 23.9 Å². The molecular formula is C19H22ClN5OS2. The minimum Gasteiger partial charge on any atom is -0.343 e. The van der Waals surface area contributed by atoms with E-state index in [1.165, 1.54) is 11.3 Å². The second kappa shape index (κ2) is 9.54. The molecule has 2 aromatic heterocycles. The van der Waals surface area contributed by atoms with E-state index < -0.39 is 0 Å². The predicted molar refractivity (Wildman–Crippen MR) is 114 cm³/mol.